The Morgan fingerprint density at radius 3 is 2.91 bits per heavy atom. The summed E-state index contributed by atoms with van der Waals surface area (Å²) in [6, 6.07) is 13.1. The molecule has 1 aromatic heterocycles. The Kier molecular flexibility index (Phi) is 3.91. The van der Waals surface area contributed by atoms with Gasteiger partial charge in [-0.1, -0.05) is 24.3 Å². The van der Waals surface area contributed by atoms with E-state index in [1.807, 2.05) is 24.3 Å². The molecule has 0 fully saturated rings. The van der Waals surface area contributed by atoms with Crippen LogP contribution in [0.25, 0.3) is 10.8 Å². The number of anilines is 1. The second-order valence-electron chi connectivity index (χ2n) is 4.58. The van der Waals surface area contributed by atoms with Crippen LogP contribution in [0.15, 0.2) is 54.7 Å². The topological polar surface area (TPSA) is 64.1 Å². The molecule has 0 radical (unpaired) electrons. The van der Waals surface area contributed by atoms with E-state index in [2.05, 4.69) is 15.5 Å². The molecule has 1 N–H and O–H groups in total. The molecule has 0 bridgehead atoms. The molecule has 5 nitrogen and oxygen atoms in total. The molecule has 0 atom stereocenters. The maximum Gasteiger partial charge on any atom is 0.262 e. The SMILES string of the molecule is O=C(COc1nncc2ccccc12)Nc1cccc(F)c1. The summed E-state index contributed by atoms with van der Waals surface area (Å²) in [5.74, 6) is -0.536. The van der Waals surface area contributed by atoms with Gasteiger partial charge in [-0.25, -0.2) is 4.39 Å². The van der Waals surface area contributed by atoms with Gasteiger partial charge in [-0.05, 0) is 24.3 Å². The summed E-state index contributed by atoms with van der Waals surface area (Å²) in [4.78, 5) is 11.8. The fourth-order valence-electron chi connectivity index (χ4n) is 2.01. The first-order chi connectivity index (χ1) is 10.7. The van der Waals surface area contributed by atoms with Crippen molar-refractivity contribution in [1.29, 1.82) is 0 Å². The highest BCUT2D eigenvalue weighted by Crippen LogP contribution is 2.21. The molecule has 1 heterocycles. The number of hydrogen-bond acceptors (Lipinski definition) is 4. The zero-order chi connectivity index (χ0) is 15.4. The summed E-state index contributed by atoms with van der Waals surface area (Å²) in [6.45, 7) is -0.237. The Hall–Kier alpha value is -3.02. The third-order valence-electron chi connectivity index (χ3n) is 2.98. The van der Waals surface area contributed by atoms with E-state index in [1.54, 1.807) is 12.3 Å². The minimum atomic E-state index is -0.418. The third-order valence-corrected chi connectivity index (χ3v) is 2.98. The predicted molar refractivity (Wildman–Crippen MR) is 80.1 cm³/mol. The molecule has 0 aliphatic heterocycles. The standard InChI is InChI=1S/C16H12FN3O2/c17-12-5-3-6-13(8-12)19-15(21)10-22-16-14-7-2-1-4-11(14)9-18-20-16/h1-9H,10H2,(H,19,21). The fraction of sp³-hybridized carbons (Fsp3) is 0.0625. The molecular formula is C16H12FN3O2. The van der Waals surface area contributed by atoms with Crippen molar-refractivity contribution in [1.82, 2.24) is 10.2 Å². The van der Waals surface area contributed by atoms with E-state index < -0.39 is 11.7 Å². The Labute approximate surface area is 125 Å². The van der Waals surface area contributed by atoms with Crippen LogP contribution in [0, 0.1) is 5.82 Å². The van der Waals surface area contributed by atoms with Gasteiger partial charge in [-0.3, -0.25) is 4.79 Å². The quantitative estimate of drug-likeness (QED) is 0.804. The first-order valence-electron chi connectivity index (χ1n) is 6.61. The third kappa shape index (κ3) is 3.17. The summed E-state index contributed by atoms with van der Waals surface area (Å²) in [5, 5.41) is 11.9. The molecule has 22 heavy (non-hydrogen) atoms. The summed E-state index contributed by atoms with van der Waals surface area (Å²) >= 11 is 0. The van der Waals surface area contributed by atoms with E-state index in [0.29, 0.717) is 5.69 Å². The number of carbonyl (C=O) groups excluding carboxylic acids is 1. The van der Waals surface area contributed by atoms with Gasteiger partial charge in [0.25, 0.3) is 5.91 Å². The van der Waals surface area contributed by atoms with Crippen LogP contribution in [0.2, 0.25) is 0 Å². The molecule has 2 aromatic carbocycles. The van der Waals surface area contributed by atoms with Gasteiger partial charge in [0.2, 0.25) is 5.88 Å². The summed E-state index contributed by atoms with van der Waals surface area (Å²) in [7, 11) is 0. The highest BCUT2D eigenvalue weighted by Gasteiger charge is 2.08. The van der Waals surface area contributed by atoms with Crippen LogP contribution in [0.5, 0.6) is 5.88 Å². The maximum atomic E-state index is 13.0. The Bertz CT molecular complexity index is 818. The number of hydrogen-bond donors (Lipinski definition) is 1. The number of aromatic nitrogens is 2. The van der Waals surface area contributed by atoms with Gasteiger partial charge in [-0.15, -0.1) is 5.10 Å². The number of nitrogens with zero attached hydrogens (tertiary/aromatic N) is 2. The normalized spacial score (nSPS) is 10.4. The number of amides is 1. The predicted octanol–water partition coefficient (Wildman–Crippen LogP) is 2.79. The Morgan fingerprint density at radius 1 is 1.18 bits per heavy atom. The minimum absolute atomic E-state index is 0.237. The van der Waals surface area contributed by atoms with E-state index in [9.17, 15) is 9.18 Å². The number of ether oxygens (including phenoxy) is 1. The van der Waals surface area contributed by atoms with Crippen LogP contribution in [-0.2, 0) is 4.79 Å². The molecule has 0 spiro atoms. The van der Waals surface area contributed by atoms with Crippen LogP contribution in [0.1, 0.15) is 0 Å². The van der Waals surface area contributed by atoms with Crippen molar-refractivity contribution in [3.8, 4) is 5.88 Å². The molecule has 0 aliphatic carbocycles. The van der Waals surface area contributed by atoms with Gasteiger partial charge in [0.15, 0.2) is 6.61 Å². The number of halogens is 1. The van der Waals surface area contributed by atoms with Gasteiger partial charge < -0.3 is 10.1 Å². The highest BCUT2D eigenvalue weighted by molar-refractivity contribution is 5.92. The van der Waals surface area contributed by atoms with Crippen molar-refractivity contribution in [2.75, 3.05) is 11.9 Å². The van der Waals surface area contributed by atoms with E-state index in [4.69, 9.17) is 4.74 Å². The van der Waals surface area contributed by atoms with Crippen molar-refractivity contribution in [3.63, 3.8) is 0 Å². The van der Waals surface area contributed by atoms with Crippen LogP contribution < -0.4 is 10.1 Å². The van der Waals surface area contributed by atoms with E-state index in [1.165, 1.54) is 18.2 Å². The molecule has 0 aliphatic rings. The lowest BCUT2D eigenvalue weighted by molar-refractivity contribution is -0.118. The van der Waals surface area contributed by atoms with Crippen molar-refractivity contribution >= 4 is 22.4 Å². The first-order valence-corrected chi connectivity index (χ1v) is 6.61. The molecule has 3 aromatic rings. The number of nitrogens with one attached hydrogen (secondary N) is 1. The average molecular weight is 297 g/mol. The molecule has 110 valence electrons. The van der Waals surface area contributed by atoms with Crippen LogP contribution in [0.4, 0.5) is 10.1 Å². The molecular weight excluding hydrogens is 285 g/mol. The molecule has 3 rings (SSSR count). The van der Waals surface area contributed by atoms with Crippen molar-refractivity contribution < 1.29 is 13.9 Å². The highest BCUT2D eigenvalue weighted by atomic mass is 19.1. The lowest BCUT2D eigenvalue weighted by Gasteiger charge is -2.08. The lowest BCUT2D eigenvalue weighted by Crippen LogP contribution is -2.20. The number of fused-ring (bicyclic) bond motifs is 1. The van der Waals surface area contributed by atoms with Gasteiger partial charge in [-0.2, -0.15) is 5.10 Å². The van der Waals surface area contributed by atoms with Crippen LogP contribution in [0.3, 0.4) is 0 Å². The van der Waals surface area contributed by atoms with Crippen molar-refractivity contribution in [2.24, 2.45) is 0 Å². The number of rotatable bonds is 4. The zero-order valence-electron chi connectivity index (χ0n) is 11.5. The number of carbonyl (C=O) groups is 1. The minimum Gasteiger partial charge on any atom is -0.466 e. The second kappa shape index (κ2) is 6.17. The summed E-state index contributed by atoms with van der Waals surface area (Å²) in [6.07, 6.45) is 1.62. The zero-order valence-corrected chi connectivity index (χ0v) is 11.5. The van der Waals surface area contributed by atoms with Crippen LogP contribution in [-0.4, -0.2) is 22.7 Å². The largest absolute Gasteiger partial charge is 0.466 e. The second-order valence-corrected chi connectivity index (χ2v) is 4.58. The fourth-order valence-corrected chi connectivity index (χ4v) is 2.01. The van der Waals surface area contributed by atoms with Crippen molar-refractivity contribution in [2.45, 2.75) is 0 Å². The number of benzene rings is 2. The van der Waals surface area contributed by atoms with E-state index in [-0.39, 0.29) is 12.5 Å². The summed E-state index contributed by atoms with van der Waals surface area (Å²) in [5.41, 5.74) is 0.373. The average Bonchev–Trinajstić information content (AvgIpc) is 2.53. The Balaban J connectivity index is 1.68. The summed E-state index contributed by atoms with van der Waals surface area (Å²) < 4.78 is 18.4. The monoisotopic (exact) mass is 297 g/mol. The smallest absolute Gasteiger partial charge is 0.262 e. The first kappa shape index (κ1) is 13.9. The molecule has 0 saturated heterocycles. The van der Waals surface area contributed by atoms with E-state index >= 15 is 0 Å². The van der Waals surface area contributed by atoms with Gasteiger partial charge in [0.1, 0.15) is 5.82 Å². The van der Waals surface area contributed by atoms with Gasteiger partial charge in [0.05, 0.1) is 6.20 Å². The molecule has 1 amide bonds. The van der Waals surface area contributed by atoms with Gasteiger partial charge >= 0.3 is 0 Å². The van der Waals surface area contributed by atoms with Crippen LogP contribution >= 0.6 is 0 Å². The van der Waals surface area contributed by atoms with Crippen molar-refractivity contribution in [3.05, 3.63) is 60.5 Å². The van der Waals surface area contributed by atoms with Gasteiger partial charge in [0, 0.05) is 16.5 Å². The molecule has 6 heteroatoms. The molecule has 0 unspecified atom stereocenters. The lowest BCUT2D eigenvalue weighted by atomic mass is 10.2. The van der Waals surface area contributed by atoms with E-state index in [0.717, 1.165) is 10.8 Å². The Morgan fingerprint density at radius 2 is 2.05 bits per heavy atom. The maximum absolute atomic E-state index is 13.0. The molecule has 0 saturated carbocycles.